The summed E-state index contributed by atoms with van der Waals surface area (Å²) in [5.41, 5.74) is -0.287. The van der Waals surface area contributed by atoms with Crippen LogP contribution in [0.3, 0.4) is 0 Å². The zero-order chi connectivity index (χ0) is 22.9. The SMILES string of the molecule is CCC(C)OC(=O)C(CCc1ccc(OCc2ccccc2)cc1)(NC(C)=O)C(=O)O. The summed E-state index contributed by atoms with van der Waals surface area (Å²) < 4.78 is 11.0. The third-order valence-electron chi connectivity index (χ3n) is 4.95. The molecule has 0 aliphatic carbocycles. The molecule has 0 bridgehead atoms. The topological polar surface area (TPSA) is 102 Å². The first kappa shape index (κ1) is 23.9. The molecule has 0 heterocycles. The van der Waals surface area contributed by atoms with E-state index in [1.807, 2.05) is 37.3 Å². The molecule has 2 N–H and O–H groups in total. The number of hydrogen-bond donors (Lipinski definition) is 2. The Bertz CT molecular complexity index is 881. The minimum Gasteiger partial charge on any atom is -0.489 e. The molecule has 2 aromatic carbocycles. The molecular weight excluding hydrogens is 398 g/mol. The van der Waals surface area contributed by atoms with Crippen LogP contribution in [0.15, 0.2) is 54.6 Å². The van der Waals surface area contributed by atoms with Gasteiger partial charge in [0.25, 0.3) is 0 Å². The largest absolute Gasteiger partial charge is 0.489 e. The van der Waals surface area contributed by atoms with E-state index in [9.17, 15) is 19.5 Å². The van der Waals surface area contributed by atoms with Crippen molar-refractivity contribution < 1.29 is 29.0 Å². The summed E-state index contributed by atoms with van der Waals surface area (Å²) in [7, 11) is 0. The molecule has 2 rings (SSSR count). The second kappa shape index (κ2) is 11.2. The smallest absolute Gasteiger partial charge is 0.343 e. The number of ether oxygens (including phenoxy) is 2. The summed E-state index contributed by atoms with van der Waals surface area (Å²) in [4.78, 5) is 36.4. The maximum atomic E-state index is 12.7. The van der Waals surface area contributed by atoms with Gasteiger partial charge in [-0.1, -0.05) is 49.4 Å². The van der Waals surface area contributed by atoms with Crippen LogP contribution in [0.2, 0.25) is 0 Å². The van der Waals surface area contributed by atoms with Crippen LogP contribution in [-0.2, 0) is 32.1 Å². The Morgan fingerprint density at radius 1 is 1.03 bits per heavy atom. The van der Waals surface area contributed by atoms with Crippen molar-refractivity contribution in [1.29, 1.82) is 0 Å². The standard InChI is InChI=1S/C24H29NO6/c1-4-17(2)31-23(29)24(22(27)28,25-18(3)26)15-14-19-10-12-21(13-11-19)30-16-20-8-6-5-7-9-20/h5-13,17H,4,14-16H2,1-3H3,(H,25,26)(H,27,28). The molecule has 2 atom stereocenters. The van der Waals surface area contributed by atoms with E-state index in [0.717, 1.165) is 11.1 Å². The van der Waals surface area contributed by atoms with Gasteiger partial charge in [0, 0.05) is 6.92 Å². The Balaban J connectivity index is 2.08. The lowest BCUT2D eigenvalue weighted by Crippen LogP contribution is -2.61. The predicted molar refractivity (Wildman–Crippen MR) is 116 cm³/mol. The van der Waals surface area contributed by atoms with Gasteiger partial charge in [0.2, 0.25) is 11.4 Å². The second-order valence-electron chi connectivity index (χ2n) is 7.43. The molecule has 0 aromatic heterocycles. The lowest BCUT2D eigenvalue weighted by molar-refractivity contribution is -0.168. The number of nitrogens with one attached hydrogen (secondary N) is 1. The fourth-order valence-corrected chi connectivity index (χ4v) is 2.96. The molecule has 7 nitrogen and oxygen atoms in total. The number of aryl methyl sites for hydroxylation is 1. The highest BCUT2D eigenvalue weighted by Gasteiger charge is 2.48. The molecule has 0 aliphatic rings. The highest BCUT2D eigenvalue weighted by molar-refractivity contribution is 6.07. The molecule has 0 aliphatic heterocycles. The van der Waals surface area contributed by atoms with Crippen LogP contribution < -0.4 is 10.1 Å². The molecule has 0 radical (unpaired) electrons. The first-order valence-electron chi connectivity index (χ1n) is 10.3. The van der Waals surface area contributed by atoms with E-state index >= 15 is 0 Å². The van der Waals surface area contributed by atoms with Gasteiger partial charge in [-0.3, -0.25) is 4.79 Å². The zero-order valence-electron chi connectivity index (χ0n) is 18.1. The van der Waals surface area contributed by atoms with E-state index in [-0.39, 0.29) is 12.8 Å². The van der Waals surface area contributed by atoms with Crippen LogP contribution in [-0.4, -0.2) is 34.6 Å². The van der Waals surface area contributed by atoms with Gasteiger partial charge >= 0.3 is 11.9 Å². The van der Waals surface area contributed by atoms with Crippen molar-refractivity contribution in [3.05, 3.63) is 65.7 Å². The van der Waals surface area contributed by atoms with Crippen molar-refractivity contribution in [2.45, 2.75) is 58.3 Å². The van der Waals surface area contributed by atoms with Crippen LogP contribution in [0.25, 0.3) is 0 Å². The monoisotopic (exact) mass is 427 g/mol. The average Bonchev–Trinajstić information content (AvgIpc) is 2.76. The van der Waals surface area contributed by atoms with E-state index in [0.29, 0.717) is 18.8 Å². The van der Waals surface area contributed by atoms with Gasteiger partial charge in [-0.2, -0.15) is 0 Å². The number of amides is 1. The van der Waals surface area contributed by atoms with Gasteiger partial charge in [-0.25, -0.2) is 9.59 Å². The van der Waals surface area contributed by atoms with Crippen LogP contribution in [0.1, 0.15) is 44.7 Å². The lowest BCUT2D eigenvalue weighted by atomic mass is 9.90. The Kier molecular flexibility index (Phi) is 8.61. The molecule has 0 saturated heterocycles. The fourth-order valence-electron chi connectivity index (χ4n) is 2.96. The molecule has 1 amide bonds. The van der Waals surface area contributed by atoms with Crippen molar-refractivity contribution in [3.63, 3.8) is 0 Å². The van der Waals surface area contributed by atoms with Gasteiger partial charge in [-0.05, 0) is 49.4 Å². The number of carbonyl (C=O) groups is 3. The Labute approximate surface area is 182 Å². The summed E-state index contributed by atoms with van der Waals surface area (Å²) in [5.74, 6) is -2.35. The average molecular weight is 427 g/mol. The van der Waals surface area contributed by atoms with Gasteiger partial charge in [0.1, 0.15) is 12.4 Å². The number of benzene rings is 2. The molecule has 166 valence electrons. The molecule has 2 aromatic rings. The number of carbonyl (C=O) groups excluding carboxylic acids is 2. The predicted octanol–water partition coefficient (Wildman–Crippen LogP) is 3.50. The summed E-state index contributed by atoms with van der Waals surface area (Å²) in [6, 6.07) is 17.0. The Morgan fingerprint density at radius 3 is 2.23 bits per heavy atom. The maximum absolute atomic E-state index is 12.7. The molecule has 31 heavy (non-hydrogen) atoms. The quantitative estimate of drug-likeness (QED) is 0.420. The summed E-state index contributed by atoms with van der Waals surface area (Å²) in [5, 5.41) is 12.1. The third-order valence-corrected chi connectivity index (χ3v) is 4.95. The van der Waals surface area contributed by atoms with Crippen molar-refractivity contribution in [3.8, 4) is 5.75 Å². The van der Waals surface area contributed by atoms with E-state index < -0.39 is 29.5 Å². The minimum absolute atomic E-state index is 0.137. The summed E-state index contributed by atoms with van der Waals surface area (Å²) in [6.07, 6.45) is 0.190. The molecule has 0 spiro atoms. The molecule has 7 heteroatoms. The van der Waals surface area contributed by atoms with E-state index in [4.69, 9.17) is 9.47 Å². The summed E-state index contributed by atoms with van der Waals surface area (Å²) >= 11 is 0. The van der Waals surface area contributed by atoms with Crippen molar-refractivity contribution >= 4 is 17.8 Å². The van der Waals surface area contributed by atoms with Crippen LogP contribution >= 0.6 is 0 Å². The number of hydrogen-bond acceptors (Lipinski definition) is 5. The van der Waals surface area contributed by atoms with E-state index in [1.165, 1.54) is 6.92 Å². The Morgan fingerprint density at radius 2 is 1.68 bits per heavy atom. The van der Waals surface area contributed by atoms with Gasteiger partial charge in [-0.15, -0.1) is 0 Å². The molecule has 0 saturated carbocycles. The van der Waals surface area contributed by atoms with Gasteiger partial charge in [0.05, 0.1) is 6.10 Å². The van der Waals surface area contributed by atoms with E-state index in [1.54, 1.807) is 31.2 Å². The number of aliphatic carboxylic acids is 1. The van der Waals surface area contributed by atoms with Crippen molar-refractivity contribution in [1.82, 2.24) is 5.32 Å². The van der Waals surface area contributed by atoms with Crippen LogP contribution in [0, 0.1) is 0 Å². The molecular formula is C24H29NO6. The Hall–Kier alpha value is -3.35. The first-order valence-corrected chi connectivity index (χ1v) is 10.3. The lowest BCUT2D eigenvalue weighted by Gasteiger charge is -2.29. The fraction of sp³-hybridized carbons (Fsp3) is 0.375. The number of carboxylic acids is 1. The molecule has 0 fully saturated rings. The molecule has 2 unspecified atom stereocenters. The normalized spacial score (nSPS) is 13.5. The number of rotatable bonds is 11. The highest BCUT2D eigenvalue weighted by atomic mass is 16.5. The van der Waals surface area contributed by atoms with Crippen molar-refractivity contribution in [2.24, 2.45) is 0 Å². The van der Waals surface area contributed by atoms with Gasteiger partial charge < -0.3 is 19.9 Å². The third kappa shape index (κ3) is 6.84. The van der Waals surface area contributed by atoms with Gasteiger partial charge in [0.15, 0.2) is 0 Å². The highest BCUT2D eigenvalue weighted by Crippen LogP contribution is 2.21. The number of esters is 1. The van der Waals surface area contributed by atoms with Crippen LogP contribution in [0.4, 0.5) is 0 Å². The second-order valence-corrected chi connectivity index (χ2v) is 7.43. The summed E-state index contributed by atoms with van der Waals surface area (Å²) in [6.45, 7) is 5.10. The zero-order valence-corrected chi connectivity index (χ0v) is 18.1. The maximum Gasteiger partial charge on any atom is 0.343 e. The first-order chi connectivity index (χ1) is 14.8. The minimum atomic E-state index is -2.14. The van der Waals surface area contributed by atoms with Crippen LogP contribution in [0.5, 0.6) is 5.75 Å². The number of carboxylic acid groups (broad SMARTS) is 1. The van der Waals surface area contributed by atoms with Crippen molar-refractivity contribution in [2.75, 3.05) is 0 Å². The van der Waals surface area contributed by atoms with E-state index in [2.05, 4.69) is 5.32 Å².